The summed E-state index contributed by atoms with van der Waals surface area (Å²) in [7, 11) is 0. The predicted molar refractivity (Wildman–Crippen MR) is 72.6 cm³/mol. The summed E-state index contributed by atoms with van der Waals surface area (Å²) in [5.41, 5.74) is 5.61. The van der Waals surface area contributed by atoms with Crippen LogP contribution in [-0.2, 0) is 0 Å². The Morgan fingerprint density at radius 1 is 1.06 bits per heavy atom. The molecule has 5 nitrogen and oxygen atoms in total. The maximum absolute atomic E-state index is 8.52. The van der Waals surface area contributed by atoms with Gasteiger partial charge in [0.15, 0.2) is 0 Å². The van der Waals surface area contributed by atoms with Crippen LogP contribution in [0.2, 0.25) is 0 Å². The monoisotopic (exact) mass is 251 g/mol. The van der Waals surface area contributed by atoms with Crippen LogP contribution in [0.15, 0.2) is 0 Å². The summed E-state index contributed by atoms with van der Waals surface area (Å²) in [5.74, 6) is 0.516. The molecular formula is C13H25N5. The van der Waals surface area contributed by atoms with Gasteiger partial charge in [0.1, 0.15) is 0 Å². The van der Waals surface area contributed by atoms with Crippen molar-refractivity contribution >= 4 is 0 Å². The third-order valence-corrected chi connectivity index (χ3v) is 3.00. The van der Waals surface area contributed by atoms with E-state index in [4.69, 9.17) is 16.3 Å². The molecule has 0 fully saturated rings. The van der Waals surface area contributed by atoms with Gasteiger partial charge < -0.3 is 16.4 Å². The summed E-state index contributed by atoms with van der Waals surface area (Å²) < 4.78 is 0. The summed E-state index contributed by atoms with van der Waals surface area (Å²) in [4.78, 5) is 0. The van der Waals surface area contributed by atoms with Crippen LogP contribution in [0.4, 0.5) is 0 Å². The maximum Gasteiger partial charge on any atom is 0.0635 e. The van der Waals surface area contributed by atoms with Gasteiger partial charge in [0.25, 0.3) is 0 Å². The first-order valence-corrected chi connectivity index (χ1v) is 6.64. The zero-order valence-electron chi connectivity index (χ0n) is 11.3. The Hall–Kier alpha value is -1.14. The highest BCUT2D eigenvalue weighted by Gasteiger charge is 2.15. The minimum atomic E-state index is 0.376. The number of nitriles is 2. The Kier molecular flexibility index (Phi) is 11.5. The molecule has 0 bridgehead atoms. The van der Waals surface area contributed by atoms with Crippen LogP contribution >= 0.6 is 0 Å². The molecule has 0 radical (unpaired) electrons. The van der Waals surface area contributed by atoms with Gasteiger partial charge in [-0.15, -0.1) is 0 Å². The van der Waals surface area contributed by atoms with E-state index in [2.05, 4.69) is 29.7 Å². The van der Waals surface area contributed by atoms with Gasteiger partial charge in [0, 0.05) is 32.0 Å². The van der Waals surface area contributed by atoms with E-state index in [1.54, 1.807) is 0 Å². The molecule has 0 aliphatic carbocycles. The lowest BCUT2D eigenvalue weighted by molar-refractivity contribution is 0.341. The topological polar surface area (TPSA) is 97.7 Å². The van der Waals surface area contributed by atoms with Crippen molar-refractivity contribution in [3.05, 3.63) is 0 Å². The van der Waals surface area contributed by atoms with E-state index < -0.39 is 0 Å². The number of hydrogen-bond donors (Lipinski definition) is 3. The van der Waals surface area contributed by atoms with E-state index in [0.717, 1.165) is 32.5 Å². The molecule has 0 saturated heterocycles. The van der Waals surface area contributed by atoms with Crippen LogP contribution in [-0.4, -0.2) is 32.2 Å². The molecule has 2 atom stereocenters. The number of rotatable bonds is 11. The van der Waals surface area contributed by atoms with Crippen molar-refractivity contribution in [1.82, 2.24) is 10.6 Å². The van der Waals surface area contributed by atoms with E-state index in [1.165, 1.54) is 0 Å². The molecule has 0 saturated carbocycles. The Morgan fingerprint density at radius 3 is 2.33 bits per heavy atom. The quantitative estimate of drug-likeness (QED) is 0.470. The van der Waals surface area contributed by atoms with Crippen molar-refractivity contribution in [2.24, 2.45) is 11.7 Å². The van der Waals surface area contributed by atoms with Gasteiger partial charge in [-0.25, -0.2) is 0 Å². The van der Waals surface area contributed by atoms with Crippen LogP contribution in [0.25, 0.3) is 0 Å². The van der Waals surface area contributed by atoms with Gasteiger partial charge in [-0.1, -0.05) is 6.92 Å². The fraction of sp³-hybridized carbons (Fsp3) is 0.846. The highest BCUT2D eigenvalue weighted by Crippen LogP contribution is 2.10. The Labute approximate surface area is 110 Å². The zero-order valence-corrected chi connectivity index (χ0v) is 11.3. The number of hydrogen-bond acceptors (Lipinski definition) is 5. The second-order valence-corrected chi connectivity index (χ2v) is 4.47. The second-order valence-electron chi connectivity index (χ2n) is 4.47. The van der Waals surface area contributed by atoms with Crippen LogP contribution < -0.4 is 16.4 Å². The van der Waals surface area contributed by atoms with Crippen LogP contribution in [0.5, 0.6) is 0 Å². The van der Waals surface area contributed by atoms with Crippen molar-refractivity contribution < 1.29 is 0 Å². The minimum Gasteiger partial charge on any atom is -0.330 e. The highest BCUT2D eigenvalue weighted by atomic mass is 14.9. The van der Waals surface area contributed by atoms with Crippen LogP contribution in [0, 0.1) is 28.6 Å². The van der Waals surface area contributed by atoms with Crippen molar-refractivity contribution in [1.29, 1.82) is 10.5 Å². The predicted octanol–water partition coefficient (Wildman–Crippen LogP) is 0.737. The standard InChI is InChI=1S/C13H25N5/c1-12(5-11-17-9-2-6-14)13(4-8-16)18-10-3-7-15/h12-13,17-18H,2-5,8-11,16H2,1H3. The maximum atomic E-state index is 8.52. The first-order valence-electron chi connectivity index (χ1n) is 6.64. The molecule has 2 unspecified atom stereocenters. The van der Waals surface area contributed by atoms with Gasteiger partial charge in [-0.05, 0) is 31.8 Å². The summed E-state index contributed by atoms with van der Waals surface area (Å²) in [6.45, 7) is 5.27. The van der Waals surface area contributed by atoms with Gasteiger partial charge in [-0.2, -0.15) is 10.5 Å². The fourth-order valence-electron chi connectivity index (χ4n) is 1.88. The van der Waals surface area contributed by atoms with Crippen molar-refractivity contribution in [2.75, 3.05) is 26.2 Å². The molecular weight excluding hydrogens is 226 g/mol. The smallest absolute Gasteiger partial charge is 0.0635 e. The van der Waals surface area contributed by atoms with E-state index in [-0.39, 0.29) is 0 Å². The molecule has 0 aromatic heterocycles. The Morgan fingerprint density at radius 2 is 1.72 bits per heavy atom. The molecule has 0 aromatic carbocycles. The molecule has 5 heteroatoms. The Bertz CT molecular complexity index is 266. The lowest BCUT2D eigenvalue weighted by Crippen LogP contribution is -2.38. The summed E-state index contributed by atoms with van der Waals surface area (Å²) >= 11 is 0. The van der Waals surface area contributed by atoms with Gasteiger partial charge >= 0.3 is 0 Å². The molecule has 0 heterocycles. The third kappa shape index (κ3) is 8.95. The van der Waals surface area contributed by atoms with Gasteiger partial charge in [0.2, 0.25) is 0 Å². The molecule has 102 valence electrons. The molecule has 0 aliphatic heterocycles. The average molecular weight is 251 g/mol. The van der Waals surface area contributed by atoms with Crippen molar-refractivity contribution in [3.8, 4) is 12.1 Å². The number of nitrogens with one attached hydrogen (secondary N) is 2. The zero-order chi connectivity index (χ0) is 13.6. The number of nitrogens with two attached hydrogens (primary N) is 1. The van der Waals surface area contributed by atoms with Gasteiger partial charge in [0.05, 0.1) is 12.1 Å². The number of nitrogens with zero attached hydrogens (tertiary/aromatic N) is 2. The molecule has 0 spiro atoms. The normalized spacial score (nSPS) is 13.6. The highest BCUT2D eigenvalue weighted by molar-refractivity contribution is 4.78. The second kappa shape index (κ2) is 12.3. The van der Waals surface area contributed by atoms with Gasteiger partial charge in [-0.3, -0.25) is 0 Å². The van der Waals surface area contributed by atoms with E-state index in [0.29, 0.717) is 31.3 Å². The van der Waals surface area contributed by atoms with E-state index in [9.17, 15) is 0 Å². The van der Waals surface area contributed by atoms with E-state index >= 15 is 0 Å². The third-order valence-electron chi connectivity index (χ3n) is 3.00. The molecule has 0 rings (SSSR count). The summed E-state index contributed by atoms with van der Waals surface area (Å²) in [6, 6.07) is 4.62. The lowest BCUT2D eigenvalue weighted by atomic mass is 9.95. The SMILES string of the molecule is CC(CCNCCC#N)C(CCN)NCCC#N. The van der Waals surface area contributed by atoms with Crippen LogP contribution in [0.1, 0.15) is 32.6 Å². The van der Waals surface area contributed by atoms with Crippen molar-refractivity contribution in [2.45, 2.75) is 38.6 Å². The van der Waals surface area contributed by atoms with Crippen LogP contribution in [0.3, 0.4) is 0 Å². The summed E-state index contributed by atoms with van der Waals surface area (Å²) in [6.07, 6.45) is 3.08. The van der Waals surface area contributed by atoms with Crippen molar-refractivity contribution in [3.63, 3.8) is 0 Å². The molecule has 0 aromatic rings. The lowest BCUT2D eigenvalue weighted by Gasteiger charge is -2.24. The molecule has 0 aliphatic rings. The largest absolute Gasteiger partial charge is 0.330 e. The molecule has 4 N–H and O–H groups in total. The fourth-order valence-corrected chi connectivity index (χ4v) is 1.88. The average Bonchev–Trinajstić information content (AvgIpc) is 2.37. The minimum absolute atomic E-state index is 0.376. The summed E-state index contributed by atoms with van der Waals surface area (Å²) in [5, 5.41) is 23.6. The first kappa shape index (κ1) is 16.9. The molecule has 18 heavy (non-hydrogen) atoms. The molecule has 0 amide bonds. The van der Waals surface area contributed by atoms with E-state index in [1.807, 2.05) is 0 Å². The Balaban J connectivity index is 3.80. The first-order chi connectivity index (χ1) is 8.76.